The zero-order chi connectivity index (χ0) is 14.9. The number of aromatic hydroxyl groups is 1. The Bertz CT molecular complexity index is 556. The number of carbonyl (C=O) groups excluding carboxylic acids is 1. The van der Waals surface area contributed by atoms with E-state index < -0.39 is 23.3 Å². The van der Waals surface area contributed by atoms with Crippen LogP contribution >= 0.6 is 0 Å². The van der Waals surface area contributed by atoms with Gasteiger partial charge in [-0.25, -0.2) is 0 Å². The Morgan fingerprint density at radius 3 is 2.80 bits per heavy atom. The molecule has 0 saturated carbocycles. The molecule has 3 N–H and O–H groups in total. The van der Waals surface area contributed by atoms with Crippen LogP contribution in [0.1, 0.15) is 22.8 Å². The van der Waals surface area contributed by atoms with Crippen molar-refractivity contribution in [2.24, 2.45) is 5.41 Å². The van der Waals surface area contributed by atoms with Gasteiger partial charge in [-0.05, 0) is 26.0 Å². The minimum Gasteiger partial charge on any atom is -0.507 e. The minimum absolute atomic E-state index is 0.0487. The van der Waals surface area contributed by atoms with Gasteiger partial charge in [0.1, 0.15) is 11.2 Å². The number of nitrogens with one attached hydrogen (secondary N) is 1. The van der Waals surface area contributed by atoms with Crippen LogP contribution in [-0.2, 0) is 9.53 Å². The molecule has 1 heterocycles. The summed E-state index contributed by atoms with van der Waals surface area (Å²) in [6, 6.07) is 4.05. The number of ether oxygens (including phenoxy) is 1. The van der Waals surface area contributed by atoms with E-state index in [0.29, 0.717) is 0 Å². The molecule has 0 aliphatic carbocycles. The van der Waals surface area contributed by atoms with Crippen LogP contribution in [0.2, 0.25) is 0 Å². The molecule has 1 aliphatic rings. The molecule has 2 rings (SSSR count). The SMILES string of the molecule is Cc1ccc(O)c(C(=O)NC2COCC2(C)C(=O)O)c1. The number of hydrogen-bond acceptors (Lipinski definition) is 4. The normalized spacial score (nSPS) is 25.4. The van der Waals surface area contributed by atoms with E-state index in [-0.39, 0.29) is 24.5 Å². The Morgan fingerprint density at radius 2 is 2.15 bits per heavy atom. The van der Waals surface area contributed by atoms with E-state index in [4.69, 9.17) is 4.74 Å². The van der Waals surface area contributed by atoms with Gasteiger partial charge in [0.25, 0.3) is 5.91 Å². The molecule has 0 radical (unpaired) electrons. The largest absolute Gasteiger partial charge is 0.507 e. The fourth-order valence-electron chi connectivity index (χ4n) is 2.15. The number of rotatable bonds is 3. The molecule has 6 nitrogen and oxygen atoms in total. The van der Waals surface area contributed by atoms with Crippen molar-refractivity contribution in [1.29, 1.82) is 0 Å². The average molecular weight is 279 g/mol. The van der Waals surface area contributed by atoms with E-state index in [0.717, 1.165) is 5.56 Å². The predicted octanol–water partition coefficient (Wildman–Crippen LogP) is 0.920. The molecule has 1 aromatic rings. The van der Waals surface area contributed by atoms with Gasteiger partial charge in [0, 0.05) is 0 Å². The lowest BCUT2D eigenvalue weighted by molar-refractivity contribution is -0.148. The number of carboxylic acids is 1. The maximum atomic E-state index is 12.2. The Kier molecular flexibility index (Phi) is 3.67. The summed E-state index contributed by atoms with van der Waals surface area (Å²) in [7, 11) is 0. The molecule has 0 spiro atoms. The topological polar surface area (TPSA) is 95.9 Å². The summed E-state index contributed by atoms with van der Waals surface area (Å²) in [6.45, 7) is 3.52. The van der Waals surface area contributed by atoms with E-state index in [1.807, 2.05) is 0 Å². The Labute approximate surface area is 116 Å². The molecule has 108 valence electrons. The second-order valence-electron chi connectivity index (χ2n) is 5.28. The van der Waals surface area contributed by atoms with Crippen molar-refractivity contribution < 1.29 is 24.5 Å². The summed E-state index contributed by atoms with van der Waals surface area (Å²) in [5.41, 5.74) is -0.198. The van der Waals surface area contributed by atoms with Gasteiger partial charge < -0.3 is 20.3 Å². The molecular weight excluding hydrogens is 262 g/mol. The van der Waals surface area contributed by atoms with Crippen LogP contribution in [0.25, 0.3) is 0 Å². The monoisotopic (exact) mass is 279 g/mol. The van der Waals surface area contributed by atoms with Crippen LogP contribution in [0.4, 0.5) is 0 Å². The molecule has 0 bridgehead atoms. The van der Waals surface area contributed by atoms with Crippen LogP contribution in [0, 0.1) is 12.3 Å². The molecule has 20 heavy (non-hydrogen) atoms. The van der Waals surface area contributed by atoms with Gasteiger partial charge in [-0.15, -0.1) is 0 Å². The number of carbonyl (C=O) groups is 2. The summed E-state index contributed by atoms with van der Waals surface area (Å²) in [5.74, 6) is -1.66. The van der Waals surface area contributed by atoms with E-state index in [1.54, 1.807) is 19.1 Å². The molecule has 1 saturated heterocycles. The molecule has 1 amide bonds. The number of phenols is 1. The number of phenolic OH excluding ortho intramolecular Hbond substituents is 1. The number of carboxylic acid groups (broad SMARTS) is 1. The van der Waals surface area contributed by atoms with Crippen molar-refractivity contribution in [2.45, 2.75) is 19.9 Å². The maximum absolute atomic E-state index is 12.2. The minimum atomic E-state index is -1.16. The Morgan fingerprint density at radius 1 is 1.45 bits per heavy atom. The first kappa shape index (κ1) is 14.3. The lowest BCUT2D eigenvalue weighted by Crippen LogP contribution is -2.49. The molecule has 2 atom stereocenters. The van der Waals surface area contributed by atoms with Crippen LogP contribution in [0.15, 0.2) is 18.2 Å². The highest BCUT2D eigenvalue weighted by Crippen LogP contribution is 2.29. The molecule has 1 aliphatic heterocycles. The van der Waals surface area contributed by atoms with Crippen LogP contribution in [0.3, 0.4) is 0 Å². The van der Waals surface area contributed by atoms with Crippen molar-refractivity contribution in [3.63, 3.8) is 0 Å². The van der Waals surface area contributed by atoms with Gasteiger partial charge in [0.15, 0.2) is 0 Å². The molecule has 2 unspecified atom stereocenters. The smallest absolute Gasteiger partial charge is 0.313 e. The van der Waals surface area contributed by atoms with Crippen molar-refractivity contribution in [3.8, 4) is 5.75 Å². The number of aryl methyl sites for hydroxylation is 1. The quantitative estimate of drug-likeness (QED) is 0.764. The first-order valence-electron chi connectivity index (χ1n) is 6.26. The third-order valence-electron chi connectivity index (χ3n) is 3.65. The van der Waals surface area contributed by atoms with Gasteiger partial charge in [-0.3, -0.25) is 9.59 Å². The van der Waals surface area contributed by atoms with Crippen LogP contribution < -0.4 is 5.32 Å². The van der Waals surface area contributed by atoms with Gasteiger partial charge in [-0.1, -0.05) is 11.6 Å². The fourth-order valence-corrected chi connectivity index (χ4v) is 2.15. The summed E-state index contributed by atoms with van der Waals surface area (Å²) >= 11 is 0. The van der Waals surface area contributed by atoms with Crippen molar-refractivity contribution >= 4 is 11.9 Å². The average Bonchev–Trinajstić information content (AvgIpc) is 2.75. The highest BCUT2D eigenvalue weighted by Gasteiger charge is 2.47. The summed E-state index contributed by atoms with van der Waals surface area (Å²) in [4.78, 5) is 23.5. The van der Waals surface area contributed by atoms with E-state index in [2.05, 4.69) is 5.32 Å². The third-order valence-corrected chi connectivity index (χ3v) is 3.65. The molecule has 1 fully saturated rings. The van der Waals surface area contributed by atoms with Gasteiger partial charge in [0.05, 0.1) is 24.8 Å². The highest BCUT2D eigenvalue weighted by atomic mass is 16.5. The maximum Gasteiger partial charge on any atom is 0.313 e. The van der Waals surface area contributed by atoms with E-state index in [1.165, 1.54) is 13.0 Å². The summed E-state index contributed by atoms with van der Waals surface area (Å²) < 4.78 is 5.17. The van der Waals surface area contributed by atoms with Gasteiger partial charge >= 0.3 is 5.97 Å². The zero-order valence-corrected chi connectivity index (χ0v) is 11.3. The van der Waals surface area contributed by atoms with Gasteiger partial charge in [0.2, 0.25) is 0 Å². The van der Waals surface area contributed by atoms with Gasteiger partial charge in [-0.2, -0.15) is 0 Å². The highest BCUT2D eigenvalue weighted by molar-refractivity contribution is 5.97. The number of benzene rings is 1. The summed E-state index contributed by atoms with van der Waals surface area (Å²) in [6.07, 6.45) is 0. The van der Waals surface area contributed by atoms with Crippen molar-refractivity contribution in [3.05, 3.63) is 29.3 Å². The third kappa shape index (κ3) is 2.46. The fraction of sp³-hybridized carbons (Fsp3) is 0.429. The number of hydrogen-bond donors (Lipinski definition) is 3. The standard InChI is InChI=1S/C14H17NO5/c1-8-3-4-10(16)9(5-8)12(17)15-11-6-20-7-14(11,2)13(18)19/h3-5,11,16H,6-7H2,1-2H3,(H,15,17)(H,18,19). The molecule has 6 heteroatoms. The molecular formula is C14H17NO5. The predicted molar refractivity (Wildman–Crippen MR) is 70.7 cm³/mol. The Hall–Kier alpha value is -2.08. The summed E-state index contributed by atoms with van der Waals surface area (Å²) in [5, 5.41) is 21.6. The first-order chi connectivity index (χ1) is 9.34. The molecule has 0 aromatic heterocycles. The lowest BCUT2D eigenvalue weighted by atomic mass is 9.85. The van der Waals surface area contributed by atoms with Crippen LogP contribution in [0.5, 0.6) is 5.75 Å². The van der Waals surface area contributed by atoms with Crippen LogP contribution in [-0.4, -0.2) is 41.3 Å². The zero-order valence-electron chi connectivity index (χ0n) is 11.3. The van der Waals surface area contributed by atoms with E-state index >= 15 is 0 Å². The van der Waals surface area contributed by atoms with E-state index in [9.17, 15) is 19.8 Å². The number of amides is 1. The molecule has 1 aromatic carbocycles. The second kappa shape index (κ2) is 5.13. The Balaban J connectivity index is 2.19. The number of aliphatic carboxylic acids is 1. The second-order valence-corrected chi connectivity index (χ2v) is 5.28. The van der Waals surface area contributed by atoms with Crippen molar-refractivity contribution in [1.82, 2.24) is 5.32 Å². The van der Waals surface area contributed by atoms with Crippen molar-refractivity contribution in [2.75, 3.05) is 13.2 Å². The first-order valence-corrected chi connectivity index (χ1v) is 6.26. The lowest BCUT2D eigenvalue weighted by Gasteiger charge is -2.25.